The van der Waals surface area contributed by atoms with Crippen molar-refractivity contribution in [3.05, 3.63) is 67.1 Å². The summed E-state index contributed by atoms with van der Waals surface area (Å²) in [5.74, 6) is -0.510. The van der Waals surface area contributed by atoms with E-state index in [2.05, 4.69) is 15.5 Å². The highest BCUT2D eigenvalue weighted by Gasteiger charge is 2.13. The Kier molecular flexibility index (Phi) is 5.08. The Morgan fingerprint density at radius 3 is 2.96 bits per heavy atom. The second-order valence-electron chi connectivity index (χ2n) is 5.79. The van der Waals surface area contributed by atoms with Crippen molar-refractivity contribution in [2.75, 3.05) is 0 Å². The van der Waals surface area contributed by atoms with E-state index in [1.165, 1.54) is 46.6 Å². The molecule has 0 bridgehead atoms. The van der Waals surface area contributed by atoms with E-state index in [0.717, 1.165) is 10.4 Å². The van der Waals surface area contributed by atoms with Crippen LogP contribution >= 0.6 is 11.3 Å². The van der Waals surface area contributed by atoms with Crippen LogP contribution < -0.4 is 11.0 Å². The molecule has 1 aromatic carbocycles. The van der Waals surface area contributed by atoms with Gasteiger partial charge in [-0.3, -0.25) is 24.3 Å². The third kappa shape index (κ3) is 3.90. The molecule has 2 heterocycles. The molecule has 2 aromatic heterocycles. The van der Waals surface area contributed by atoms with Crippen LogP contribution in [-0.4, -0.2) is 26.6 Å². The molecule has 27 heavy (non-hydrogen) atoms. The lowest BCUT2D eigenvalue weighted by Crippen LogP contribution is -2.30. The van der Waals surface area contributed by atoms with Crippen LogP contribution in [-0.2, 0) is 11.3 Å². The molecule has 9 nitrogen and oxygen atoms in total. The third-order valence-corrected chi connectivity index (χ3v) is 5.07. The van der Waals surface area contributed by atoms with Gasteiger partial charge in [-0.05, 0) is 19.4 Å². The molecule has 0 radical (unpaired) electrons. The van der Waals surface area contributed by atoms with E-state index in [9.17, 15) is 19.7 Å². The highest BCUT2D eigenvalue weighted by molar-refractivity contribution is 7.18. The number of non-ortho nitro benzene ring substituents is 1. The van der Waals surface area contributed by atoms with Gasteiger partial charge in [0.25, 0.3) is 17.2 Å². The van der Waals surface area contributed by atoms with Crippen LogP contribution in [0.2, 0.25) is 0 Å². The molecule has 0 aliphatic heterocycles. The van der Waals surface area contributed by atoms with Crippen molar-refractivity contribution >= 4 is 39.4 Å². The smallest absolute Gasteiger partial charge is 0.270 e. The van der Waals surface area contributed by atoms with Gasteiger partial charge < -0.3 is 0 Å². The Bertz CT molecular complexity index is 1130. The zero-order chi connectivity index (χ0) is 19.6. The van der Waals surface area contributed by atoms with Crippen LogP contribution in [0.1, 0.15) is 16.0 Å². The van der Waals surface area contributed by atoms with Crippen molar-refractivity contribution < 1.29 is 9.72 Å². The summed E-state index contributed by atoms with van der Waals surface area (Å²) in [6.45, 7) is 3.54. The van der Waals surface area contributed by atoms with Crippen LogP contribution in [0, 0.1) is 24.0 Å². The van der Waals surface area contributed by atoms with Crippen LogP contribution in [0.15, 0.2) is 40.5 Å². The molecule has 0 saturated carbocycles. The predicted molar refractivity (Wildman–Crippen MR) is 102 cm³/mol. The largest absolute Gasteiger partial charge is 0.289 e. The fraction of sp³-hybridized carbons (Fsp3) is 0.176. The molecule has 138 valence electrons. The highest BCUT2D eigenvalue weighted by Crippen LogP contribution is 2.25. The summed E-state index contributed by atoms with van der Waals surface area (Å²) in [4.78, 5) is 40.7. The number of aryl methyl sites for hydroxylation is 2. The van der Waals surface area contributed by atoms with E-state index in [-0.39, 0.29) is 17.8 Å². The minimum Gasteiger partial charge on any atom is -0.289 e. The number of nitrogens with zero attached hydrogens (tertiary/aromatic N) is 4. The summed E-state index contributed by atoms with van der Waals surface area (Å²) in [5.41, 5.74) is 3.28. The fourth-order valence-corrected chi connectivity index (χ4v) is 3.46. The normalized spacial score (nSPS) is 11.2. The van der Waals surface area contributed by atoms with Crippen molar-refractivity contribution in [3.8, 4) is 0 Å². The van der Waals surface area contributed by atoms with E-state index >= 15 is 0 Å². The molecular formula is C17H15N5O4S. The second kappa shape index (κ2) is 7.46. The van der Waals surface area contributed by atoms with Gasteiger partial charge in [-0.2, -0.15) is 5.10 Å². The molecule has 0 aliphatic carbocycles. The number of hydrogen-bond acceptors (Lipinski definition) is 7. The SMILES string of the molecule is Cc1sc2ncn(CC(=O)N/N=C\c3cccc([N+](=O)[O-])c3)c(=O)c2c1C. The topological polar surface area (TPSA) is 119 Å². The first kappa shape index (κ1) is 18.4. The maximum atomic E-state index is 12.5. The molecule has 0 saturated heterocycles. The Balaban J connectivity index is 1.71. The number of carbonyl (C=O) groups excluding carboxylic acids is 1. The summed E-state index contributed by atoms with van der Waals surface area (Å²) in [6.07, 6.45) is 2.63. The lowest BCUT2D eigenvalue weighted by Gasteiger charge is -2.04. The van der Waals surface area contributed by atoms with Gasteiger partial charge in [-0.15, -0.1) is 11.3 Å². The second-order valence-corrected chi connectivity index (χ2v) is 6.99. The van der Waals surface area contributed by atoms with Crippen LogP contribution in [0.25, 0.3) is 10.2 Å². The zero-order valence-electron chi connectivity index (χ0n) is 14.5. The third-order valence-electron chi connectivity index (χ3n) is 3.95. The van der Waals surface area contributed by atoms with Crippen molar-refractivity contribution in [1.82, 2.24) is 15.0 Å². The number of nitro benzene ring substituents is 1. The molecule has 0 aliphatic rings. The first-order chi connectivity index (χ1) is 12.9. The number of amides is 1. The number of nitro groups is 1. The quantitative estimate of drug-likeness (QED) is 0.410. The maximum absolute atomic E-state index is 12.5. The molecule has 3 aromatic rings. The van der Waals surface area contributed by atoms with Gasteiger partial charge in [0.1, 0.15) is 11.4 Å². The van der Waals surface area contributed by atoms with Crippen molar-refractivity contribution in [3.63, 3.8) is 0 Å². The number of hydrogen-bond donors (Lipinski definition) is 1. The summed E-state index contributed by atoms with van der Waals surface area (Å²) in [7, 11) is 0. The van der Waals surface area contributed by atoms with Crippen LogP contribution in [0.5, 0.6) is 0 Å². The molecule has 0 unspecified atom stereocenters. The number of fused-ring (bicyclic) bond motifs is 1. The number of rotatable bonds is 5. The number of thiophene rings is 1. The molecule has 3 rings (SSSR count). The van der Waals surface area contributed by atoms with Crippen molar-refractivity contribution in [2.24, 2.45) is 5.10 Å². The summed E-state index contributed by atoms with van der Waals surface area (Å²) in [6, 6.07) is 5.83. The summed E-state index contributed by atoms with van der Waals surface area (Å²) < 4.78 is 1.22. The van der Waals surface area contributed by atoms with Gasteiger partial charge in [0.2, 0.25) is 0 Å². The van der Waals surface area contributed by atoms with Gasteiger partial charge in [-0.25, -0.2) is 10.4 Å². The number of carbonyl (C=O) groups is 1. The summed E-state index contributed by atoms with van der Waals surface area (Å²) in [5, 5.41) is 15.0. The van der Waals surface area contributed by atoms with Gasteiger partial charge in [-0.1, -0.05) is 12.1 Å². The fourth-order valence-electron chi connectivity index (χ4n) is 2.47. The molecule has 1 N–H and O–H groups in total. The molecular weight excluding hydrogens is 370 g/mol. The van der Waals surface area contributed by atoms with Gasteiger partial charge >= 0.3 is 0 Å². The minimum absolute atomic E-state index is 0.0716. The molecule has 10 heteroatoms. The average molecular weight is 385 g/mol. The highest BCUT2D eigenvalue weighted by atomic mass is 32.1. The van der Waals surface area contributed by atoms with Crippen LogP contribution in [0.4, 0.5) is 5.69 Å². The number of hydrazone groups is 1. The van der Waals surface area contributed by atoms with E-state index in [4.69, 9.17) is 0 Å². The lowest BCUT2D eigenvalue weighted by atomic mass is 10.2. The molecule has 0 spiro atoms. The number of nitrogens with one attached hydrogen (secondary N) is 1. The lowest BCUT2D eigenvalue weighted by molar-refractivity contribution is -0.384. The van der Waals surface area contributed by atoms with Crippen molar-refractivity contribution in [1.29, 1.82) is 0 Å². The maximum Gasteiger partial charge on any atom is 0.270 e. The first-order valence-corrected chi connectivity index (χ1v) is 8.70. The molecule has 0 atom stereocenters. The number of benzene rings is 1. The van der Waals surface area contributed by atoms with Crippen molar-refractivity contribution in [2.45, 2.75) is 20.4 Å². The average Bonchev–Trinajstić information content (AvgIpc) is 2.92. The Hall–Kier alpha value is -3.40. The molecule has 0 fully saturated rings. The Morgan fingerprint density at radius 1 is 1.44 bits per heavy atom. The monoisotopic (exact) mass is 385 g/mol. The molecule has 1 amide bonds. The van der Waals surface area contributed by atoms with E-state index in [0.29, 0.717) is 15.8 Å². The minimum atomic E-state index is -0.514. The standard InChI is InChI=1S/C17H15N5O4S/c1-10-11(2)27-16-15(10)17(24)21(9-18-16)8-14(23)20-19-7-12-4-3-5-13(6-12)22(25)26/h3-7,9H,8H2,1-2H3,(H,20,23)/b19-7-. The number of aromatic nitrogens is 2. The summed E-state index contributed by atoms with van der Waals surface area (Å²) >= 11 is 1.44. The van der Waals surface area contributed by atoms with Gasteiger partial charge in [0.15, 0.2) is 0 Å². The van der Waals surface area contributed by atoms with E-state index in [1.807, 2.05) is 13.8 Å². The van der Waals surface area contributed by atoms with E-state index in [1.54, 1.807) is 6.07 Å². The predicted octanol–water partition coefficient (Wildman–Crippen LogP) is 2.13. The first-order valence-electron chi connectivity index (χ1n) is 7.88. The zero-order valence-corrected chi connectivity index (χ0v) is 15.3. The van der Waals surface area contributed by atoms with E-state index < -0.39 is 10.8 Å². The van der Waals surface area contributed by atoms with Crippen LogP contribution in [0.3, 0.4) is 0 Å². The van der Waals surface area contributed by atoms with Gasteiger partial charge in [0, 0.05) is 22.6 Å². The van der Waals surface area contributed by atoms with Gasteiger partial charge in [0.05, 0.1) is 22.9 Å². The Morgan fingerprint density at radius 2 is 2.22 bits per heavy atom. The Labute approximate surface area is 157 Å².